The fourth-order valence-electron chi connectivity index (χ4n) is 1.80. The summed E-state index contributed by atoms with van der Waals surface area (Å²) in [4.78, 5) is 10.1. The van der Waals surface area contributed by atoms with Gasteiger partial charge in [0.25, 0.3) is 5.69 Å². The summed E-state index contributed by atoms with van der Waals surface area (Å²) in [5, 5.41) is 10.7. The minimum Gasteiger partial charge on any atom is -0.454 e. The number of nitrogens with two attached hydrogens (primary N) is 1. The Morgan fingerprint density at radius 3 is 2.67 bits per heavy atom. The van der Waals surface area contributed by atoms with Gasteiger partial charge in [-0.3, -0.25) is 10.1 Å². The van der Waals surface area contributed by atoms with E-state index in [-0.39, 0.29) is 11.4 Å². The second-order valence-electron chi connectivity index (χ2n) is 4.39. The molecule has 0 heterocycles. The maximum Gasteiger partial charge on any atom is 0.275 e. The minimum atomic E-state index is -0.786. The fraction of sp³-hybridized carbons (Fsp3) is 0.143. The van der Waals surface area contributed by atoms with Crippen molar-refractivity contribution in [2.45, 2.75) is 13.5 Å². The average molecular weight is 355 g/mol. The van der Waals surface area contributed by atoms with Gasteiger partial charge in [0.05, 0.1) is 11.0 Å². The summed E-state index contributed by atoms with van der Waals surface area (Å²) < 4.78 is 20.0. The minimum absolute atomic E-state index is 0.0644. The highest BCUT2D eigenvalue weighted by atomic mass is 79.9. The predicted molar refractivity (Wildman–Crippen MR) is 79.9 cm³/mol. The van der Waals surface area contributed by atoms with Crippen molar-refractivity contribution < 1.29 is 14.1 Å². The molecular weight excluding hydrogens is 343 g/mol. The van der Waals surface area contributed by atoms with Crippen molar-refractivity contribution >= 4 is 21.6 Å². The molecule has 0 fully saturated rings. The molecule has 0 aliphatic heterocycles. The fourth-order valence-corrected chi connectivity index (χ4v) is 2.32. The van der Waals surface area contributed by atoms with Crippen molar-refractivity contribution in [1.82, 2.24) is 0 Å². The highest BCUT2D eigenvalue weighted by Gasteiger charge is 2.17. The van der Waals surface area contributed by atoms with Crippen LogP contribution >= 0.6 is 15.9 Å². The normalized spacial score (nSPS) is 10.5. The Hall–Kier alpha value is -1.99. The maximum atomic E-state index is 13.9. The smallest absolute Gasteiger partial charge is 0.275 e. The summed E-state index contributed by atoms with van der Waals surface area (Å²) in [7, 11) is 0. The van der Waals surface area contributed by atoms with Gasteiger partial charge in [-0.05, 0) is 30.7 Å². The summed E-state index contributed by atoms with van der Waals surface area (Å²) in [6, 6.07) is 7.24. The zero-order chi connectivity index (χ0) is 15.6. The van der Waals surface area contributed by atoms with E-state index < -0.39 is 10.7 Å². The van der Waals surface area contributed by atoms with Crippen molar-refractivity contribution in [2.24, 2.45) is 5.73 Å². The lowest BCUT2D eigenvalue weighted by atomic mass is 10.2. The molecule has 2 aromatic rings. The zero-order valence-electron chi connectivity index (χ0n) is 11.1. The Morgan fingerprint density at radius 2 is 2.10 bits per heavy atom. The third kappa shape index (κ3) is 3.37. The van der Waals surface area contributed by atoms with E-state index >= 15 is 0 Å². The first-order chi connectivity index (χ1) is 9.92. The number of benzene rings is 2. The van der Waals surface area contributed by atoms with Crippen molar-refractivity contribution in [3.8, 4) is 11.5 Å². The van der Waals surface area contributed by atoms with Gasteiger partial charge in [0.2, 0.25) is 0 Å². The predicted octanol–water partition coefficient (Wildman–Crippen LogP) is 4.06. The standard InChI is InChI=1S/C14H12BrFN2O3/c1-8-4-14(12(16)6-13(8)18(19)20)21-10-3-2-9(7-17)11(15)5-10/h2-6H,7,17H2,1H3. The summed E-state index contributed by atoms with van der Waals surface area (Å²) in [6.45, 7) is 1.89. The van der Waals surface area contributed by atoms with E-state index in [0.717, 1.165) is 16.1 Å². The van der Waals surface area contributed by atoms with Crippen LogP contribution in [0.5, 0.6) is 11.5 Å². The number of ether oxygens (including phenoxy) is 1. The van der Waals surface area contributed by atoms with Crippen LogP contribution in [0.25, 0.3) is 0 Å². The molecule has 0 unspecified atom stereocenters. The molecule has 0 spiro atoms. The molecule has 110 valence electrons. The number of hydrogen-bond donors (Lipinski definition) is 1. The lowest BCUT2D eigenvalue weighted by Gasteiger charge is -2.10. The maximum absolute atomic E-state index is 13.9. The van der Waals surface area contributed by atoms with Crippen LogP contribution in [-0.2, 0) is 6.54 Å². The van der Waals surface area contributed by atoms with Crippen LogP contribution in [0.1, 0.15) is 11.1 Å². The molecule has 5 nitrogen and oxygen atoms in total. The highest BCUT2D eigenvalue weighted by molar-refractivity contribution is 9.10. The molecule has 2 aromatic carbocycles. The summed E-state index contributed by atoms with van der Waals surface area (Å²) in [6.07, 6.45) is 0. The second-order valence-corrected chi connectivity index (χ2v) is 5.24. The number of aryl methyl sites for hydroxylation is 1. The largest absolute Gasteiger partial charge is 0.454 e. The van der Waals surface area contributed by atoms with E-state index in [1.807, 2.05) is 0 Å². The molecule has 0 saturated heterocycles. The average Bonchev–Trinajstić information content (AvgIpc) is 2.42. The molecule has 0 radical (unpaired) electrons. The van der Waals surface area contributed by atoms with Crippen LogP contribution in [0.2, 0.25) is 0 Å². The molecule has 2 rings (SSSR count). The summed E-state index contributed by atoms with van der Waals surface area (Å²) >= 11 is 3.34. The Balaban J connectivity index is 2.34. The number of nitrogens with zero attached hydrogens (tertiary/aromatic N) is 1. The number of nitro benzene ring substituents is 1. The SMILES string of the molecule is Cc1cc(Oc2ccc(CN)c(Br)c2)c(F)cc1[N+](=O)[O-]. The molecule has 2 N–H and O–H groups in total. The topological polar surface area (TPSA) is 78.4 Å². The van der Waals surface area contributed by atoms with Crippen LogP contribution in [0.3, 0.4) is 0 Å². The van der Waals surface area contributed by atoms with Gasteiger partial charge in [-0.15, -0.1) is 0 Å². The molecule has 0 aliphatic carbocycles. The van der Waals surface area contributed by atoms with Gasteiger partial charge < -0.3 is 10.5 Å². The van der Waals surface area contributed by atoms with Gasteiger partial charge in [0.15, 0.2) is 11.6 Å². The third-order valence-corrected chi connectivity index (χ3v) is 3.66. The Bertz CT molecular complexity index is 707. The van der Waals surface area contributed by atoms with Gasteiger partial charge >= 0.3 is 0 Å². The molecule has 0 amide bonds. The van der Waals surface area contributed by atoms with Gasteiger partial charge in [-0.25, -0.2) is 4.39 Å². The molecule has 0 aliphatic rings. The van der Waals surface area contributed by atoms with E-state index in [1.54, 1.807) is 18.2 Å². The van der Waals surface area contributed by atoms with Crippen molar-refractivity contribution in [3.05, 3.63) is 61.9 Å². The summed E-state index contributed by atoms with van der Waals surface area (Å²) in [5.41, 5.74) is 6.49. The zero-order valence-corrected chi connectivity index (χ0v) is 12.7. The Morgan fingerprint density at radius 1 is 1.38 bits per heavy atom. The number of rotatable bonds is 4. The van der Waals surface area contributed by atoms with Crippen LogP contribution in [0, 0.1) is 22.9 Å². The molecule has 21 heavy (non-hydrogen) atoms. The van der Waals surface area contributed by atoms with Crippen LogP contribution in [0.4, 0.5) is 10.1 Å². The van der Waals surface area contributed by atoms with E-state index in [1.165, 1.54) is 13.0 Å². The van der Waals surface area contributed by atoms with Gasteiger partial charge in [0, 0.05) is 16.6 Å². The van der Waals surface area contributed by atoms with Crippen LogP contribution in [0.15, 0.2) is 34.8 Å². The highest BCUT2D eigenvalue weighted by Crippen LogP contribution is 2.32. The first-order valence-corrected chi connectivity index (χ1v) is 6.82. The van der Waals surface area contributed by atoms with Gasteiger partial charge in [-0.2, -0.15) is 0 Å². The number of halogens is 2. The van der Waals surface area contributed by atoms with E-state index in [4.69, 9.17) is 10.5 Å². The Kier molecular flexibility index (Phi) is 4.54. The first kappa shape index (κ1) is 15.4. The third-order valence-electron chi connectivity index (χ3n) is 2.92. The summed E-state index contributed by atoms with van der Waals surface area (Å²) in [5.74, 6) is -0.442. The monoisotopic (exact) mass is 354 g/mol. The molecule has 7 heteroatoms. The Labute approximate surface area is 128 Å². The molecule has 0 bridgehead atoms. The second kappa shape index (κ2) is 6.19. The molecular formula is C14H12BrFN2O3. The van der Waals surface area contributed by atoms with E-state index in [0.29, 0.717) is 17.9 Å². The molecule has 0 saturated carbocycles. The van der Waals surface area contributed by atoms with Gasteiger partial charge in [0.1, 0.15) is 5.75 Å². The van der Waals surface area contributed by atoms with E-state index in [2.05, 4.69) is 15.9 Å². The lowest BCUT2D eigenvalue weighted by molar-refractivity contribution is -0.385. The number of nitro groups is 1. The van der Waals surface area contributed by atoms with Crippen molar-refractivity contribution in [2.75, 3.05) is 0 Å². The number of hydrogen-bond acceptors (Lipinski definition) is 4. The molecule has 0 atom stereocenters. The van der Waals surface area contributed by atoms with Crippen molar-refractivity contribution in [1.29, 1.82) is 0 Å². The quantitative estimate of drug-likeness (QED) is 0.663. The first-order valence-electron chi connectivity index (χ1n) is 6.03. The van der Waals surface area contributed by atoms with Crippen molar-refractivity contribution in [3.63, 3.8) is 0 Å². The van der Waals surface area contributed by atoms with Crippen LogP contribution < -0.4 is 10.5 Å². The lowest BCUT2D eigenvalue weighted by Crippen LogP contribution is -1.98. The van der Waals surface area contributed by atoms with Crippen LogP contribution in [-0.4, -0.2) is 4.92 Å². The van der Waals surface area contributed by atoms with E-state index in [9.17, 15) is 14.5 Å². The van der Waals surface area contributed by atoms with Gasteiger partial charge in [-0.1, -0.05) is 22.0 Å². The molecule has 0 aromatic heterocycles.